The normalized spacial score (nSPS) is 18.7. The van der Waals surface area contributed by atoms with Crippen LogP contribution in [0.25, 0.3) is 0 Å². The van der Waals surface area contributed by atoms with Crippen LogP contribution in [0.4, 0.5) is 0 Å². The molecule has 0 radical (unpaired) electrons. The van der Waals surface area contributed by atoms with Gasteiger partial charge in [0.05, 0.1) is 13.2 Å². The molecule has 5 nitrogen and oxygen atoms in total. The Morgan fingerprint density at radius 1 is 1.48 bits per heavy atom. The first kappa shape index (κ1) is 20.7. The number of aliphatic imine (C=N–C) groups is 1. The third-order valence-corrected chi connectivity index (χ3v) is 4.77. The molecular weight excluding hydrogens is 423 g/mol. The van der Waals surface area contributed by atoms with Crippen LogP contribution in [-0.2, 0) is 11.3 Å². The summed E-state index contributed by atoms with van der Waals surface area (Å²) in [6.07, 6.45) is 2.53. The van der Waals surface area contributed by atoms with Gasteiger partial charge in [-0.1, -0.05) is 6.07 Å². The van der Waals surface area contributed by atoms with Gasteiger partial charge in [-0.05, 0) is 37.8 Å². The molecule has 0 aliphatic carbocycles. The largest absolute Gasteiger partial charge is 0.383 e. The van der Waals surface area contributed by atoms with Crippen molar-refractivity contribution in [3.63, 3.8) is 0 Å². The summed E-state index contributed by atoms with van der Waals surface area (Å²) in [4.78, 5) is 8.47. The maximum Gasteiger partial charge on any atom is 0.191 e. The van der Waals surface area contributed by atoms with E-state index in [1.807, 2.05) is 0 Å². The second-order valence-electron chi connectivity index (χ2n) is 5.48. The summed E-state index contributed by atoms with van der Waals surface area (Å²) in [5, 5.41) is 8.91. The van der Waals surface area contributed by atoms with E-state index in [0.717, 1.165) is 38.7 Å². The van der Waals surface area contributed by atoms with Crippen molar-refractivity contribution in [3.05, 3.63) is 22.4 Å². The van der Waals surface area contributed by atoms with Gasteiger partial charge in [-0.2, -0.15) is 0 Å². The molecule has 0 saturated carbocycles. The number of hydrogen-bond donors (Lipinski definition) is 2. The zero-order valence-electron chi connectivity index (χ0n) is 14.1. The zero-order chi connectivity index (χ0) is 15.6. The van der Waals surface area contributed by atoms with Gasteiger partial charge in [-0.15, -0.1) is 35.3 Å². The van der Waals surface area contributed by atoms with Gasteiger partial charge >= 0.3 is 0 Å². The molecule has 2 rings (SSSR count). The summed E-state index contributed by atoms with van der Waals surface area (Å²) < 4.78 is 5.20. The fourth-order valence-electron chi connectivity index (χ4n) is 2.74. The minimum atomic E-state index is 0. The maximum absolute atomic E-state index is 5.20. The van der Waals surface area contributed by atoms with E-state index < -0.39 is 0 Å². The van der Waals surface area contributed by atoms with Crippen LogP contribution in [0.5, 0.6) is 0 Å². The monoisotopic (exact) mass is 452 g/mol. The first-order valence-corrected chi connectivity index (χ1v) is 8.99. The lowest BCUT2D eigenvalue weighted by molar-refractivity contribution is 0.141. The van der Waals surface area contributed by atoms with Crippen LogP contribution < -0.4 is 10.6 Å². The van der Waals surface area contributed by atoms with Gasteiger partial charge < -0.3 is 15.4 Å². The number of ether oxygens (including phenoxy) is 1. The van der Waals surface area contributed by atoms with E-state index in [1.165, 1.54) is 24.3 Å². The Balaban J connectivity index is 0.00000264. The summed E-state index contributed by atoms with van der Waals surface area (Å²) >= 11 is 1.75. The first-order valence-electron chi connectivity index (χ1n) is 8.11. The van der Waals surface area contributed by atoms with Gasteiger partial charge in [-0.3, -0.25) is 4.90 Å². The van der Waals surface area contributed by atoms with Crippen LogP contribution in [0.15, 0.2) is 22.5 Å². The Bertz CT molecular complexity index is 441. The van der Waals surface area contributed by atoms with Crippen molar-refractivity contribution >= 4 is 41.3 Å². The highest BCUT2D eigenvalue weighted by Gasteiger charge is 2.23. The Morgan fingerprint density at radius 3 is 3.04 bits per heavy atom. The van der Waals surface area contributed by atoms with E-state index in [0.29, 0.717) is 6.04 Å². The number of likely N-dealkylation sites (tertiary alicyclic amines) is 1. The highest BCUT2D eigenvalue weighted by Crippen LogP contribution is 2.15. The number of nitrogens with one attached hydrogen (secondary N) is 2. The molecule has 1 fully saturated rings. The minimum Gasteiger partial charge on any atom is -0.383 e. The van der Waals surface area contributed by atoms with Crippen molar-refractivity contribution in [2.45, 2.75) is 32.4 Å². The second-order valence-corrected chi connectivity index (χ2v) is 6.51. The molecule has 23 heavy (non-hydrogen) atoms. The van der Waals surface area contributed by atoms with Gasteiger partial charge in [0.25, 0.3) is 0 Å². The number of methoxy groups -OCH3 is 1. The predicted molar refractivity (Wildman–Crippen MR) is 109 cm³/mol. The highest BCUT2D eigenvalue weighted by molar-refractivity contribution is 14.0. The molecule has 1 atom stereocenters. The van der Waals surface area contributed by atoms with E-state index in [9.17, 15) is 0 Å². The van der Waals surface area contributed by atoms with E-state index >= 15 is 0 Å². The average Bonchev–Trinajstić information content (AvgIpc) is 3.19. The number of guanidine groups is 1. The fraction of sp³-hybridized carbons (Fsp3) is 0.688. The molecule has 132 valence electrons. The summed E-state index contributed by atoms with van der Waals surface area (Å²) in [5.74, 6) is 0.912. The number of thiophene rings is 1. The Labute approximate surface area is 160 Å². The average molecular weight is 452 g/mol. The molecular formula is C16H29IN4OS. The molecule has 0 bridgehead atoms. The highest BCUT2D eigenvalue weighted by atomic mass is 127. The third kappa shape index (κ3) is 7.36. The maximum atomic E-state index is 5.20. The molecule has 2 heterocycles. The lowest BCUT2D eigenvalue weighted by Crippen LogP contribution is -2.45. The van der Waals surface area contributed by atoms with Crippen LogP contribution in [0, 0.1) is 0 Å². The van der Waals surface area contributed by atoms with Crippen molar-refractivity contribution in [2.24, 2.45) is 4.99 Å². The van der Waals surface area contributed by atoms with Crippen molar-refractivity contribution in [2.75, 3.05) is 39.9 Å². The summed E-state index contributed by atoms with van der Waals surface area (Å²) in [5.41, 5.74) is 0. The van der Waals surface area contributed by atoms with E-state index in [1.54, 1.807) is 18.4 Å². The van der Waals surface area contributed by atoms with Crippen LogP contribution in [0.3, 0.4) is 0 Å². The van der Waals surface area contributed by atoms with Crippen molar-refractivity contribution < 1.29 is 4.74 Å². The second kappa shape index (κ2) is 12.0. The first-order chi connectivity index (χ1) is 10.8. The minimum absolute atomic E-state index is 0. The molecule has 0 spiro atoms. The Hall–Kier alpha value is -0.380. The van der Waals surface area contributed by atoms with Gasteiger partial charge in [0.15, 0.2) is 5.96 Å². The van der Waals surface area contributed by atoms with Crippen LogP contribution in [-0.4, -0.2) is 56.8 Å². The van der Waals surface area contributed by atoms with Crippen molar-refractivity contribution in [1.29, 1.82) is 0 Å². The van der Waals surface area contributed by atoms with E-state index in [2.05, 4.69) is 45.0 Å². The Kier molecular flexibility index (Phi) is 10.8. The molecule has 2 N–H and O–H groups in total. The van der Waals surface area contributed by atoms with E-state index in [-0.39, 0.29) is 24.0 Å². The van der Waals surface area contributed by atoms with Gasteiger partial charge in [-0.25, -0.2) is 4.99 Å². The lowest BCUT2D eigenvalue weighted by atomic mass is 10.2. The standard InChI is InChI=1S/C16H28N4OS.HI/c1-3-17-16(19-13-15-7-5-11-22-15)18-12-14-6-4-8-20(14)9-10-21-2;/h5,7,11,14H,3-4,6,8-10,12-13H2,1-2H3,(H2,17,18,19);1H. The Morgan fingerprint density at radius 2 is 2.35 bits per heavy atom. The summed E-state index contributed by atoms with van der Waals surface area (Å²) in [6, 6.07) is 4.78. The molecule has 1 aliphatic heterocycles. The van der Waals surface area contributed by atoms with Crippen LogP contribution in [0.1, 0.15) is 24.6 Å². The van der Waals surface area contributed by atoms with Gasteiger partial charge in [0.1, 0.15) is 0 Å². The fourth-order valence-corrected chi connectivity index (χ4v) is 3.37. The predicted octanol–water partition coefficient (Wildman–Crippen LogP) is 2.53. The molecule has 1 saturated heterocycles. The van der Waals surface area contributed by atoms with Crippen LogP contribution >= 0.6 is 35.3 Å². The molecule has 7 heteroatoms. The third-order valence-electron chi connectivity index (χ3n) is 3.90. The molecule has 1 aromatic heterocycles. The van der Waals surface area contributed by atoms with Crippen molar-refractivity contribution in [3.8, 4) is 0 Å². The number of hydrogen-bond acceptors (Lipinski definition) is 4. The number of nitrogens with zero attached hydrogens (tertiary/aromatic N) is 2. The smallest absolute Gasteiger partial charge is 0.191 e. The van der Waals surface area contributed by atoms with E-state index in [4.69, 9.17) is 4.74 Å². The molecule has 1 unspecified atom stereocenters. The summed E-state index contributed by atoms with van der Waals surface area (Å²) in [6.45, 7) is 7.68. The molecule has 0 amide bonds. The van der Waals surface area contributed by atoms with Gasteiger partial charge in [0, 0.05) is 37.7 Å². The van der Waals surface area contributed by atoms with Crippen LogP contribution in [0.2, 0.25) is 0 Å². The zero-order valence-corrected chi connectivity index (χ0v) is 17.2. The quantitative estimate of drug-likeness (QED) is 0.362. The molecule has 0 aromatic carbocycles. The SMILES string of the molecule is CCNC(=NCc1cccs1)NCC1CCCN1CCOC.I. The molecule has 1 aliphatic rings. The topological polar surface area (TPSA) is 48.9 Å². The lowest BCUT2D eigenvalue weighted by Gasteiger charge is -2.25. The molecule has 1 aromatic rings. The van der Waals surface area contributed by atoms with Gasteiger partial charge in [0.2, 0.25) is 0 Å². The number of halogens is 1. The van der Waals surface area contributed by atoms with Crippen molar-refractivity contribution in [1.82, 2.24) is 15.5 Å². The number of rotatable bonds is 8. The summed E-state index contributed by atoms with van der Waals surface area (Å²) in [7, 11) is 1.77.